The molecule has 0 spiro atoms. The maximum Gasteiger partial charge on any atom is 0.255 e. The topological polar surface area (TPSA) is 36.4 Å². The number of alkyl halides is 2. The van der Waals surface area contributed by atoms with E-state index in [4.69, 9.17) is 0 Å². The Morgan fingerprint density at radius 2 is 2.05 bits per heavy atom. The van der Waals surface area contributed by atoms with Gasteiger partial charge in [-0.3, -0.25) is 4.99 Å². The Labute approximate surface area is 132 Å². The van der Waals surface area contributed by atoms with Crippen molar-refractivity contribution in [2.45, 2.75) is 31.6 Å². The number of aliphatic imine (C=N–C) groups is 1. The summed E-state index contributed by atoms with van der Waals surface area (Å²) in [5.41, 5.74) is 1.30. The number of guanidine groups is 1. The van der Waals surface area contributed by atoms with Crippen LogP contribution in [0.1, 0.15) is 25.3 Å². The molecule has 1 aliphatic carbocycles. The Bertz CT molecular complexity index is 501. The van der Waals surface area contributed by atoms with Crippen molar-refractivity contribution < 1.29 is 8.78 Å². The first kappa shape index (κ1) is 16.2. The van der Waals surface area contributed by atoms with Crippen LogP contribution in [0.5, 0.6) is 0 Å². The minimum atomic E-state index is -2.38. The first-order valence-electron chi connectivity index (χ1n) is 7.13. The minimum absolute atomic E-state index is 0.0489. The highest BCUT2D eigenvalue weighted by atomic mass is 79.9. The fraction of sp³-hybridized carbons (Fsp3) is 0.533. The lowest BCUT2D eigenvalue weighted by Gasteiger charge is -2.17. The molecule has 21 heavy (non-hydrogen) atoms. The highest BCUT2D eigenvalue weighted by molar-refractivity contribution is 9.10. The van der Waals surface area contributed by atoms with E-state index < -0.39 is 6.43 Å². The largest absolute Gasteiger partial charge is 0.357 e. The van der Waals surface area contributed by atoms with Gasteiger partial charge < -0.3 is 10.6 Å². The summed E-state index contributed by atoms with van der Waals surface area (Å²) in [6.07, 6.45) is -0.229. The number of hydrogen-bond acceptors (Lipinski definition) is 1. The van der Waals surface area contributed by atoms with E-state index in [1.54, 1.807) is 0 Å². The molecule has 0 aromatic heterocycles. The fourth-order valence-corrected chi connectivity index (χ4v) is 3.01. The Balaban J connectivity index is 2.05. The van der Waals surface area contributed by atoms with Gasteiger partial charge in [-0.25, -0.2) is 8.78 Å². The number of halogens is 3. The maximum atomic E-state index is 12.3. The van der Waals surface area contributed by atoms with Crippen LogP contribution in [0.15, 0.2) is 33.7 Å². The average Bonchev–Trinajstić information content (AvgIpc) is 3.23. The summed E-state index contributed by atoms with van der Waals surface area (Å²) < 4.78 is 25.7. The van der Waals surface area contributed by atoms with Crippen LogP contribution in [0, 0.1) is 0 Å². The van der Waals surface area contributed by atoms with Crippen molar-refractivity contribution in [1.82, 2.24) is 10.6 Å². The van der Waals surface area contributed by atoms with E-state index in [0.29, 0.717) is 19.0 Å². The summed E-state index contributed by atoms with van der Waals surface area (Å²) in [4.78, 5) is 4.48. The molecule has 2 N–H and O–H groups in total. The molecule has 1 aliphatic rings. The molecule has 0 atom stereocenters. The van der Waals surface area contributed by atoms with E-state index in [2.05, 4.69) is 37.6 Å². The lowest BCUT2D eigenvalue weighted by atomic mass is 9.96. The van der Waals surface area contributed by atoms with E-state index in [0.717, 1.165) is 17.3 Å². The normalized spacial score (nSPS) is 16.9. The smallest absolute Gasteiger partial charge is 0.255 e. The predicted molar refractivity (Wildman–Crippen MR) is 85.0 cm³/mol. The number of nitrogens with zero attached hydrogens (tertiary/aromatic N) is 1. The summed E-state index contributed by atoms with van der Waals surface area (Å²) in [6, 6.07) is 8.14. The monoisotopic (exact) mass is 359 g/mol. The zero-order chi connectivity index (χ0) is 15.3. The molecule has 0 unspecified atom stereocenters. The Kier molecular flexibility index (Phi) is 5.56. The van der Waals surface area contributed by atoms with E-state index in [-0.39, 0.29) is 12.0 Å². The van der Waals surface area contributed by atoms with Crippen LogP contribution in [0.3, 0.4) is 0 Å². The molecule has 116 valence electrons. The van der Waals surface area contributed by atoms with Gasteiger partial charge in [0.15, 0.2) is 5.96 Å². The summed E-state index contributed by atoms with van der Waals surface area (Å²) in [6.45, 7) is 2.79. The molecule has 0 heterocycles. The highest BCUT2D eigenvalue weighted by Gasteiger charge is 2.45. The SMILES string of the molecule is CCNC(=NCC1(c2ccccc2Br)CC1)NCC(F)F. The van der Waals surface area contributed by atoms with Crippen LogP contribution in [0.25, 0.3) is 0 Å². The lowest BCUT2D eigenvalue weighted by Crippen LogP contribution is -2.40. The zero-order valence-corrected chi connectivity index (χ0v) is 13.6. The molecule has 0 amide bonds. The average molecular weight is 360 g/mol. The van der Waals surface area contributed by atoms with Gasteiger partial charge in [0.05, 0.1) is 13.1 Å². The van der Waals surface area contributed by atoms with Gasteiger partial charge in [0.2, 0.25) is 0 Å². The van der Waals surface area contributed by atoms with Gasteiger partial charge in [-0.2, -0.15) is 0 Å². The number of rotatable bonds is 6. The summed E-state index contributed by atoms with van der Waals surface area (Å²) in [5, 5.41) is 5.66. The van der Waals surface area contributed by atoms with Crippen LogP contribution in [0.2, 0.25) is 0 Å². The Morgan fingerprint density at radius 1 is 1.33 bits per heavy atom. The van der Waals surface area contributed by atoms with E-state index in [9.17, 15) is 8.78 Å². The quantitative estimate of drug-likeness (QED) is 0.603. The molecule has 0 aliphatic heterocycles. The van der Waals surface area contributed by atoms with Crippen LogP contribution < -0.4 is 10.6 Å². The zero-order valence-electron chi connectivity index (χ0n) is 12.0. The second-order valence-corrected chi connectivity index (χ2v) is 6.08. The van der Waals surface area contributed by atoms with Gasteiger partial charge >= 0.3 is 0 Å². The standard InChI is InChI=1S/C15H20BrF2N3/c1-2-19-14(20-9-13(17)18)21-10-15(7-8-15)11-5-3-4-6-12(11)16/h3-6,13H,2,7-10H2,1H3,(H2,19,20,21). The van der Waals surface area contributed by atoms with Crippen LogP contribution in [-0.4, -0.2) is 32.0 Å². The third-order valence-electron chi connectivity index (χ3n) is 3.61. The van der Waals surface area contributed by atoms with Crippen LogP contribution in [-0.2, 0) is 5.41 Å². The van der Waals surface area contributed by atoms with Crippen molar-refractivity contribution in [2.24, 2.45) is 4.99 Å². The molecule has 0 radical (unpaired) electrons. The van der Waals surface area contributed by atoms with E-state index in [1.165, 1.54) is 5.56 Å². The lowest BCUT2D eigenvalue weighted by molar-refractivity contribution is 0.152. The molecule has 1 aromatic rings. The van der Waals surface area contributed by atoms with Gasteiger partial charge in [0, 0.05) is 16.4 Å². The molecule has 1 aromatic carbocycles. The molecule has 0 bridgehead atoms. The molecule has 6 heteroatoms. The van der Waals surface area contributed by atoms with Gasteiger partial charge in [-0.1, -0.05) is 34.1 Å². The molecular weight excluding hydrogens is 340 g/mol. The summed E-state index contributed by atoms with van der Waals surface area (Å²) in [5.74, 6) is 0.455. The highest BCUT2D eigenvalue weighted by Crippen LogP contribution is 2.50. The Hall–Kier alpha value is -1.17. The third kappa shape index (κ3) is 4.40. The molecule has 3 nitrogen and oxygen atoms in total. The fourth-order valence-electron chi connectivity index (χ4n) is 2.30. The van der Waals surface area contributed by atoms with Crippen molar-refractivity contribution in [3.8, 4) is 0 Å². The van der Waals surface area contributed by atoms with E-state index in [1.807, 2.05) is 25.1 Å². The predicted octanol–water partition coefficient (Wildman–Crippen LogP) is 3.30. The minimum Gasteiger partial charge on any atom is -0.357 e. The second kappa shape index (κ2) is 7.20. The van der Waals surface area contributed by atoms with Crippen molar-refractivity contribution in [3.05, 3.63) is 34.3 Å². The number of nitrogens with one attached hydrogen (secondary N) is 2. The van der Waals surface area contributed by atoms with Crippen LogP contribution in [0.4, 0.5) is 8.78 Å². The first-order valence-corrected chi connectivity index (χ1v) is 7.92. The molecule has 0 saturated heterocycles. The summed E-state index contributed by atoms with van der Waals surface area (Å²) >= 11 is 3.58. The molecular formula is C15H20BrF2N3. The van der Waals surface area contributed by atoms with E-state index >= 15 is 0 Å². The van der Waals surface area contributed by atoms with Crippen molar-refractivity contribution >= 4 is 21.9 Å². The van der Waals surface area contributed by atoms with Crippen molar-refractivity contribution in [2.75, 3.05) is 19.6 Å². The molecule has 2 rings (SSSR count). The number of benzene rings is 1. The van der Waals surface area contributed by atoms with Crippen LogP contribution >= 0.6 is 15.9 Å². The maximum absolute atomic E-state index is 12.3. The number of hydrogen-bond donors (Lipinski definition) is 2. The van der Waals surface area contributed by atoms with Crippen molar-refractivity contribution in [3.63, 3.8) is 0 Å². The van der Waals surface area contributed by atoms with Crippen molar-refractivity contribution in [1.29, 1.82) is 0 Å². The summed E-state index contributed by atoms with van der Waals surface area (Å²) in [7, 11) is 0. The first-order chi connectivity index (χ1) is 10.1. The van der Waals surface area contributed by atoms with Gasteiger partial charge in [0.1, 0.15) is 0 Å². The third-order valence-corrected chi connectivity index (χ3v) is 4.30. The second-order valence-electron chi connectivity index (χ2n) is 5.23. The Morgan fingerprint density at radius 3 is 2.62 bits per heavy atom. The molecule has 1 saturated carbocycles. The van der Waals surface area contributed by atoms with Gasteiger partial charge in [-0.05, 0) is 31.4 Å². The van der Waals surface area contributed by atoms with Gasteiger partial charge in [0.25, 0.3) is 6.43 Å². The molecule has 1 fully saturated rings. The van der Waals surface area contributed by atoms with Gasteiger partial charge in [-0.15, -0.1) is 0 Å².